The Morgan fingerprint density at radius 3 is 2.08 bits per heavy atom. The van der Waals surface area contributed by atoms with Crippen LogP contribution in [0, 0.1) is 23.0 Å². The van der Waals surface area contributed by atoms with Crippen LogP contribution < -0.4 is 5.32 Å². The lowest BCUT2D eigenvalue weighted by Gasteiger charge is -2.41. The van der Waals surface area contributed by atoms with E-state index >= 15 is 4.39 Å². The van der Waals surface area contributed by atoms with Crippen LogP contribution in [0.25, 0.3) is 11.1 Å². The van der Waals surface area contributed by atoms with Gasteiger partial charge in [0.25, 0.3) is 11.8 Å². The van der Waals surface area contributed by atoms with E-state index < -0.39 is 61.5 Å². The summed E-state index contributed by atoms with van der Waals surface area (Å²) in [6, 6.07) is 15.0. The number of hydrogen-bond acceptors (Lipinski definition) is 13. The number of ether oxygens (including phenoxy) is 5. The average molecular weight is 1090 g/mol. The Labute approximate surface area is 444 Å². The Morgan fingerprint density at radius 1 is 0.813 bits per heavy atom. The number of carboxylic acid groups (broad SMARTS) is 1. The lowest BCUT2D eigenvalue weighted by Crippen LogP contribution is -2.43. The fourth-order valence-electron chi connectivity index (χ4n) is 8.00. The van der Waals surface area contributed by atoms with Crippen LogP contribution in [0.1, 0.15) is 70.2 Å². The summed E-state index contributed by atoms with van der Waals surface area (Å²) < 4.78 is 59.2. The molecule has 1 aliphatic heterocycles. The van der Waals surface area contributed by atoms with Gasteiger partial charge in [0.2, 0.25) is 11.8 Å². The van der Waals surface area contributed by atoms with Gasteiger partial charge in [-0.15, -0.1) is 0 Å². The summed E-state index contributed by atoms with van der Waals surface area (Å²) in [7, 11) is -0.891. The zero-order valence-electron chi connectivity index (χ0n) is 43.9. The van der Waals surface area contributed by atoms with Crippen LogP contribution in [0.4, 0.5) is 8.78 Å². The van der Waals surface area contributed by atoms with Crippen LogP contribution >= 0.6 is 11.8 Å². The molecule has 412 valence electrons. The van der Waals surface area contributed by atoms with E-state index in [2.05, 4.69) is 18.4 Å². The predicted octanol–water partition coefficient (Wildman–Crippen LogP) is 6.49. The number of benzene rings is 2. The molecule has 4 amide bonds. The van der Waals surface area contributed by atoms with E-state index in [4.69, 9.17) is 23.7 Å². The Morgan fingerprint density at radius 2 is 1.45 bits per heavy atom. The summed E-state index contributed by atoms with van der Waals surface area (Å²) in [4.78, 5) is 90.1. The molecule has 2 heterocycles. The molecule has 21 heteroatoms. The van der Waals surface area contributed by atoms with E-state index in [-0.39, 0.29) is 120 Å². The summed E-state index contributed by atoms with van der Waals surface area (Å²) >= 11 is 1.12. The maximum absolute atomic E-state index is 15.3. The largest absolute Gasteiger partial charge is 0.481 e. The topological polar surface area (TPSA) is 209 Å². The number of ketones is 1. The molecule has 2 atom stereocenters. The smallest absolute Gasteiger partial charge is 0.307 e. The van der Waals surface area contributed by atoms with Crippen LogP contribution in [0.2, 0.25) is 19.1 Å². The first-order valence-electron chi connectivity index (χ1n) is 25.4. The minimum atomic E-state index is -1.16. The highest BCUT2D eigenvalue weighted by molar-refractivity contribution is 7.99. The fraction of sp³-hybridized carbons (Fsp3) is 0.537. The highest BCUT2D eigenvalue weighted by Gasteiger charge is 2.37. The van der Waals surface area contributed by atoms with Gasteiger partial charge in [0, 0.05) is 88.6 Å². The molecular formula is C54H74F2N4O13SSi. The molecule has 4 rings (SSSR count). The molecule has 75 heavy (non-hydrogen) atoms. The molecule has 0 fully saturated rings. The van der Waals surface area contributed by atoms with Crippen molar-refractivity contribution in [2.45, 2.75) is 84.6 Å². The number of unbranched alkanes of at least 4 members (excludes halogenated alkanes) is 1. The average Bonchev–Trinajstić information content (AvgIpc) is 3.90. The van der Waals surface area contributed by atoms with Crippen LogP contribution in [-0.4, -0.2) is 160 Å². The molecule has 3 aromatic rings. The molecule has 0 spiro atoms. The number of amides is 4. The Hall–Kier alpha value is -5.58. The summed E-state index contributed by atoms with van der Waals surface area (Å²) in [6.07, 6.45) is 4.82. The number of esters is 1. The number of rotatable bonds is 37. The predicted molar refractivity (Wildman–Crippen MR) is 283 cm³/mol. The SMILES string of the molecule is C[SiH](C)CCOC(=O)CCCCN(C(=O)CSC[C@H](CC(=O)CCOCCOCCOCCOCCNC(=O)CN1C(=O)C=CC1=O)C(=O)O)C(c1cc(-c2cc(F)ccc2F)cn1Cc1ccccc1)C(C)(C)C. The van der Waals surface area contributed by atoms with Crippen LogP contribution in [0.3, 0.4) is 0 Å². The second kappa shape index (κ2) is 32.8. The second-order valence-electron chi connectivity index (χ2n) is 19.5. The minimum Gasteiger partial charge on any atom is -0.481 e. The first-order chi connectivity index (χ1) is 35.8. The number of nitrogens with one attached hydrogen (secondary N) is 1. The van der Waals surface area contributed by atoms with Gasteiger partial charge < -0.3 is 43.6 Å². The Kier molecular flexibility index (Phi) is 27.1. The number of carbonyl (C=O) groups is 7. The summed E-state index contributed by atoms with van der Waals surface area (Å²) in [5, 5.41) is 12.7. The number of aliphatic carboxylic acids is 1. The molecule has 1 aliphatic rings. The van der Waals surface area contributed by atoms with Gasteiger partial charge in [-0.25, -0.2) is 8.78 Å². The molecule has 2 N–H and O–H groups in total. The molecule has 0 saturated heterocycles. The van der Waals surface area contributed by atoms with Crippen molar-refractivity contribution in [2.24, 2.45) is 11.3 Å². The molecule has 1 aromatic heterocycles. The van der Waals surface area contributed by atoms with Crippen LogP contribution in [0.5, 0.6) is 0 Å². The number of carboxylic acids is 1. The zero-order chi connectivity index (χ0) is 54.8. The number of imide groups is 1. The molecule has 1 unspecified atom stereocenters. The van der Waals surface area contributed by atoms with Gasteiger partial charge in [-0.05, 0) is 54.1 Å². The van der Waals surface area contributed by atoms with Gasteiger partial charge in [0.1, 0.15) is 24.0 Å². The molecule has 2 aromatic carbocycles. The van der Waals surface area contributed by atoms with Crippen LogP contribution in [-0.2, 0) is 63.8 Å². The standard InChI is InChI=1S/C54H74F2N4O13SSi/c1-54(2,3)52(46-32-40(44-33-42(55)14-15-45(44)56)35-58(46)34-39-11-7-6-8-12-39)59(20-10-9-13-51(66)73-29-30-75(4)5)50(65)38-74-37-41(53(67)68)31-43(61)18-21-69-23-25-71-27-28-72-26-24-70-22-19-57-47(62)36-60-48(63)16-17-49(60)64/h6-8,11-12,14-17,32-33,35,41,52,75H,9-10,13,18-31,34,36-38H2,1-5H3,(H,57,62)(H,67,68)/t41-,52?/m0/s1. The maximum Gasteiger partial charge on any atom is 0.307 e. The fourth-order valence-corrected chi connectivity index (χ4v) is 9.60. The van der Waals surface area contributed by atoms with Crippen molar-refractivity contribution in [1.29, 1.82) is 0 Å². The van der Waals surface area contributed by atoms with Crippen molar-refractivity contribution in [3.05, 3.63) is 95.8 Å². The number of aromatic nitrogens is 1. The third-order valence-corrected chi connectivity index (χ3v) is 14.3. The summed E-state index contributed by atoms with van der Waals surface area (Å²) in [5.74, 6) is -5.95. The van der Waals surface area contributed by atoms with Crippen molar-refractivity contribution >= 4 is 61.9 Å². The summed E-state index contributed by atoms with van der Waals surface area (Å²) in [5.41, 5.74) is 1.52. The van der Waals surface area contributed by atoms with Gasteiger partial charge >= 0.3 is 11.9 Å². The van der Waals surface area contributed by atoms with E-state index in [1.54, 1.807) is 17.2 Å². The van der Waals surface area contributed by atoms with Gasteiger partial charge in [0.05, 0.1) is 77.2 Å². The number of halogens is 2. The number of hydrogen-bond donors (Lipinski definition) is 2. The van der Waals surface area contributed by atoms with E-state index in [1.807, 2.05) is 55.7 Å². The highest BCUT2D eigenvalue weighted by atomic mass is 32.2. The molecule has 0 saturated carbocycles. The first-order valence-corrected chi connectivity index (χ1v) is 29.7. The minimum absolute atomic E-state index is 0.00633. The lowest BCUT2D eigenvalue weighted by atomic mass is 9.83. The lowest BCUT2D eigenvalue weighted by molar-refractivity contribution is -0.143. The van der Waals surface area contributed by atoms with Gasteiger partial charge in [0.15, 0.2) is 0 Å². The normalized spacial score (nSPS) is 13.4. The number of nitrogens with zero attached hydrogens (tertiary/aromatic N) is 3. The molecule has 0 bridgehead atoms. The van der Waals surface area contributed by atoms with Crippen molar-refractivity contribution < 1.29 is 71.1 Å². The highest BCUT2D eigenvalue weighted by Crippen LogP contribution is 2.41. The van der Waals surface area contributed by atoms with E-state index in [9.17, 15) is 43.1 Å². The Balaban J connectivity index is 1.26. The molecular weight excluding hydrogens is 1010 g/mol. The van der Waals surface area contributed by atoms with Crippen LogP contribution in [0.15, 0.2) is 72.9 Å². The maximum atomic E-state index is 15.3. The summed E-state index contributed by atoms with van der Waals surface area (Å²) in [6.45, 7) is 13.1. The van der Waals surface area contributed by atoms with Gasteiger partial charge in [-0.1, -0.05) is 64.2 Å². The van der Waals surface area contributed by atoms with E-state index in [0.717, 1.165) is 58.6 Å². The van der Waals surface area contributed by atoms with Crippen molar-refractivity contribution in [3.63, 3.8) is 0 Å². The van der Waals surface area contributed by atoms with Crippen molar-refractivity contribution in [3.8, 4) is 11.1 Å². The molecule has 0 aliphatic carbocycles. The van der Waals surface area contributed by atoms with Gasteiger partial charge in [-0.2, -0.15) is 11.8 Å². The third kappa shape index (κ3) is 22.7. The number of thioether (sulfide) groups is 1. The van der Waals surface area contributed by atoms with E-state index in [1.165, 1.54) is 0 Å². The quantitative estimate of drug-likeness (QED) is 0.0274. The van der Waals surface area contributed by atoms with E-state index in [0.29, 0.717) is 43.9 Å². The monoisotopic (exact) mass is 1080 g/mol. The second-order valence-corrected chi connectivity index (χ2v) is 23.9. The Bertz CT molecular complexity index is 2350. The number of carbonyl (C=O) groups excluding carboxylic acids is 6. The van der Waals surface area contributed by atoms with Crippen molar-refractivity contribution in [1.82, 2.24) is 19.7 Å². The van der Waals surface area contributed by atoms with Crippen molar-refractivity contribution in [2.75, 3.05) is 90.6 Å². The molecule has 17 nitrogen and oxygen atoms in total. The number of Topliss-reactive ketones (excluding diaryl/α,β-unsaturated/α-hetero) is 1. The zero-order valence-corrected chi connectivity index (χ0v) is 45.8. The molecule has 0 radical (unpaired) electrons. The first kappa shape index (κ1) is 62.0. The van der Waals surface area contributed by atoms with Gasteiger partial charge in [-0.3, -0.25) is 38.5 Å². The third-order valence-electron chi connectivity index (χ3n) is 11.9.